The van der Waals surface area contributed by atoms with Crippen molar-refractivity contribution in [1.82, 2.24) is 25.2 Å². The van der Waals surface area contributed by atoms with Crippen molar-refractivity contribution in [3.8, 4) is 11.3 Å². The van der Waals surface area contributed by atoms with Crippen LogP contribution in [0.15, 0.2) is 24.7 Å². The molecule has 14 heteroatoms. The fourth-order valence-corrected chi connectivity index (χ4v) is 3.75. The molecule has 1 saturated heterocycles. The van der Waals surface area contributed by atoms with Crippen LogP contribution in [-0.4, -0.2) is 55.7 Å². The predicted molar refractivity (Wildman–Crippen MR) is 118 cm³/mol. The Morgan fingerprint density at radius 3 is 2.30 bits per heavy atom. The maximum absolute atomic E-state index is 14.4. The Bertz CT molecular complexity index is 1140. The molecule has 37 heavy (non-hydrogen) atoms. The number of pyridine rings is 1. The number of aromatic nitrogens is 3. The third kappa shape index (κ3) is 6.66. The lowest BCUT2D eigenvalue weighted by Crippen LogP contribution is -2.50. The van der Waals surface area contributed by atoms with Crippen molar-refractivity contribution in [2.24, 2.45) is 0 Å². The highest BCUT2D eigenvalue weighted by atomic mass is 19.4. The SMILES string of the molecule is C[C@H]1[C@H](F)C[C@@H](C(=O)NCc2cc(-c3cnc(C(F)(F)F)nc3)ncc2C(F)F)N1C(=O)OC(C)(C)C. The van der Waals surface area contributed by atoms with E-state index in [1.807, 2.05) is 0 Å². The van der Waals surface area contributed by atoms with Gasteiger partial charge >= 0.3 is 12.3 Å². The van der Waals surface area contributed by atoms with E-state index in [1.165, 1.54) is 6.92 Å². The van der Waals surface area contributed by atoms with Crippen LogP contribution in [0, 0.1) is 0 Å². The third-order valence-electron chi connectivity index (χ3n) is 5.57. The molecule has 3 atom stereocenters. The minimum absolute atomic E-state index is 0.00364. The van der Waals surface area contributed by atoms with Gasteiger partial charge in [0.25, 0.3) is 6.43 Å². The zero-order chi connectivity index (χ0) is 27.7. The smallest absolute Gasteiger partial charge is 0.444 e. The van der Waals surface area contributed by atoms with Gasteiger partial charge in [0, 0.05) is 42.7 Å². The lowest BCUT2D eigenvalue weighted by Gasteiger charge is -2.30. The second kappa shape index (κ2) is 10.5. The Morgan fingerprint density at radius 1 is 1.14 bits per heavy atom. The number of rotatable bonds is 5. The van der Waals surface area contributed by atoms with E-state index in [0.29, 0.717) is 0 Å². The highest BCUT2D eigenvalue weighted by molar-refractivity contribution is 5.86. The van der Waals surface area contributed by atoms with Crippen LogP contribution in [0.4, 0.5) is 31.1 Å². The van der Waals surface area contributed by atoms with E-state index in [2.05, 4.69) is 20.3 Å². The van der Waals surface area contributed by atoms with Crippen molar-refractivity contribution in [2.75, 3.05) is 0 Å². The van der Waals surface area contributed by atoms with E-state index in [0.717, 1.165) is 29.6 Å². The van der Waals surface area contributed by atoms with Crippen molar-refractivity contribution in [3.05, 3.63) is 41.6 Å². The second-order valence-electron chi connectivity index (χ2n) is 9.48. The quantitative estimate of drug-likeness (QED) is 0.553. The standard InChI is InChI=1S/C23H25F6N5O3/c1-11-15(24)6-17(34(11)21(36)37-22(2,3)4)19(35)31-7-12-5-16(30-10-14(12)18(25)26)13-8-32-20(33-9-13)23(27,28)29/h5,8-11,15,17-18H,6-7H2,1-4H3,(H,31,35)/t11-,15+,17-/m0/s1. The van der Waals surface area contributed by atoms with Crippen LogP contribution in [-0.2, 0) is 22.3 Å². The third-order valence-corrected chi connectivity index (χ3v) is 5.57. The number of amides is 2. The largest absolute Gasteiger partial charge is 0.451 e. The van der Waals surface area contributed by atoms with Gasteiger partial charge < -0.3 is 10.1 Å². The van der Waals surface area contributed by atoms with E-state index in [1.54, 1.807) is 20.8 Å². The van der Waals surface area contributed by atoms with E-state index >= 15 is 0 Å². The molecular weight excluding hydrogens is 508 g/mol. The van der Waals surface area contributed by atoms with Crippen molar-refractivity contribution in [2.45, 2.75) is 77.1 Å². The molecule has 1 N–H and O–H groups in total. The summed E-state index contributed by atoms with van der Waals surface area (Å²) in [7, 11) is 0. The Kier molecular flexibility index (Phi) is 7.98. The molecule has 1 fully saturated rings. The number of likely N-dealkylation sites (tertiary alicyclic amines) is 1. The van der Waals surface area contributed by atoms with E-state index in [-0.39, 0.29) is 23.2 Å². The summed E-state index contributed by atoms with van der Waals surface area (Å²) in [6.45, 7) is 5.82. The molecular formula is C23H25F6N5O3. The molecule has 0 saturated carbocycles. The molecule has 1 aliphatic heterocycles. The van der Waals surface area contributed by atoms with Crippen LogP contribution in [0.5, 0.6) is 0 Å². The number of carbonyl (C=O) groups excluding carboxylic acids is 2. The van der Waals surface area contributed by atoms with Gasteiger partial charge in [-0.15, -0.1) is 0 Å². The van der Waals surface area contributed by atoms with Crippen LogP contribution in [0.1, 0.15) is 57.5 Å². The Hall–Kier alpha value is -3.45. The van der Waals surface area contributed by atoms with Crippen molar-refractivity contribution >= 4 is 12.0 Å². The van der Waals surface area contributed by atoms with Crippen LogP contribution in [0.25, 0.3) is 11.3 Å². The number of carbonyl (C=O) groups is 2. The molecule has 0 spiro atoms. The molecule has 2 amide bonds. The van der Waals surface area contributed by atoms with E-state index < -0.39 is 66.4 Å². The Morgan fingerprint density at radius 2 is 1.76 bits per heavy atom. The van der Waals surface area contributed by atoms with Gasteiger partial charge in [-0.25, -0.2) is 27.9 Å². The van der Waals surface area contributed by atoms with Gasteiger partial charge in [0.15, 0.2) is 0 Å². The first-order valence-corrected chi connectivity index (χ1v) is 11.2. The number of nitrogens with zero attached hydrogens (tertiary/aromatic N) is 4. The lowest BCUT2D eigenvalue weighted by molar-refractivity contribution is -0.145. The average Bonchev–Trinajstić information content (AvgIpc) is 3.10. The zero-order valence-corrected chi connectivity index (χ0v) is 20.3. The molecule has 2 aromatic heterocycles. The summed E-state index contributed by atoms with van der Waals surface area (Å²) in [5, 5.41) is 2.44. The molecule has 0 radical (unpaired) electrons. The number of ether oxygens (including phenoxy) is 1. The number of halogens is 6. The van der Waals surface area contributed by atoms with Gasteiger partial charge in [0.05, 0.1) is 11.7 Å². The second-order valence-corrected chi connectivity index (χ2v) is 9.48. The number of hydrogen-bond donors (Lipinski definition) is 1. The van der Waals surface area contributed by atoms with Gasteiger partial charge in [-0.05, 0) is 39.3 Å². The summed E-state index contributed by atoms with van der Waals surface area (Å²) in [6.07, 6.45) is -7.90. The van der Waals surface area contributed by atoms with Crippen molar-refractivity contribution in [1.29, 1.82) is 0 Å². The number of alkyl halides is 6. The summed E-state index contributed by atoms with van der Waals surface area (Å²) >= 11 is 0. The maximum atomic E-state index is 14.4. The van der Waals surface area contributed by atoms with Crippen LogP contribution < -0.4 is 5.32 Å². The molecule has 202 valence electrons. The molecule has 0 bridgehead atoms. The molecule has 0 aromatic carbocycles. The monoisotopic (exact) mass is 533 g/mol. The highest BCUT2D eigenvalue weighted by Crippen LogP contribution is 2.31. The summed E-state index contributed by atoms with van der Waals surface area (Å²) in [4.78, 5) is 36.8. The lowest BCUT2D eigenvalue weighted by atomic mass is 10.1. The Balaban J connectivity index is 1.81. The fraction of sp³-hybridized carbons (Fsp3) is 0.522. The predicted octanol–water partition coefficient (Wildman–Crippen LogP) is 4.85. The van der Waals surface area contributed by atoms with Gasteiger partial charge in [0.2, 0.25) is 11.7 Å². The summed E-state index contributed by atoms with van der Waals surface area (Å²) in [5.41, 5.74) is -1.48. The minimum Gasteiger partial charge on any atom is -0.444 e. The van der Waals surface area contributed by atoms with Crippen molar-refractivity contribution in [3.63, 3.8) is 0 Å². The van der Waals surface area contributed by atoms with E-state index in [9.17, 15) is 35.9 Å². The van der Waals surface area contributed by atoms with Crippen LogP contribution in [0.2, 0.25) is 0 Å². The van der Waals surface area contributed by atoms with E-state index in [4.69, 9.17) is 4.74 Å². The maximum Gasteiger partial charge on any atom is 0.451 e. The first kappa shape index (κ1) is 28.1. The summed E-state index contributed by atoms with van der Waals surface area (Å²) in [5.74, 6) is -2.16. The Labute approximate surface area is 208 Å². The molecule has 2 aromatic rings. The highest BCUT2D eigenvalue weighted by Gasteiger charge is 2.46. The molecule has 3 heterocycles. The van der Waals surface area contributed by atoms with Gasteiger partial charge in [-0.2, -0.15) is 13.2 Å². The first-order chi connectivity index (χ1) is 17.1. The summed E-state index contributed by atoms with van der Waals surface area (Å²) in [6, 6.07) is -1.02. The van der Waals surface area contributed by atoms with Gasteiger partial charge in [0.1, 0.15) is 17.8 Å². The molecule has 0 aliphatic carbocycles. The fourth-order valence-electron chi connectivity index (χ4n) is 3.75. The normalized spacial score (nSPS) is 20.3. The van der Waals surface area contributed by atoms with Crippen LogP contribution >= 0.6 is 0 Å². The van der Waals surface area contributed by atoms with Gasteiger partial charge in [-0.3, -0.25) is 14.7 Å². The minimum atomic E-state index is -4.76. The molecule has 8 nitrogen and oxygen atoms in total. The van der Waals surface area contributed by atoms with Gasteiger partial charge in [-0.1, -0.05) is 0 Å². The average molecular weight is 533 g/mol. The molecule has 1 aliphatic rings. The molecule has 0 unspecified atom stereocenters. The number of nitrogens with one attached hydrogen (secondary N) is 1. The zero-order valence-electron chi connectivity index (χ0n) is 20.3. The summed E-state index contributed by atoms with van der Waals surface area (Å²) < 4.78 is 85.0. The first-order valence-electron chi connectivity index (χ1n) is 11.2. The molecule has 3 rings (SSSR count). The van der Waals surface area contributed by atoms with Crippen molar-refractivity contribution < 1.29 is 40.7 Å². The van der Waals surface area contributed by atoms with Crippen LogP contribution in [0.3, 0.4) is 0 Å². The topological polar surface area (TPSA) is 97.3 Å². The number of hydrogen-bond acceptors (Lipinski definition) is 6.